The van der Waals surface area contributed by atoms with E-state index in [1.165, 1.54) is 20.8 Å². The third-order valence-corrected chi connectivity index (χ3v) is 1.59. The zero-order valence-electron chi connectivity index (χ0n) is 7.36. The number of rotatable bonds is 4. The molecule has 0 spiro atoms. The van der Waals surface area contributed by atoms with Crippen LogP contribution in [-0.4, -0.2) is 18.0 Å². The summed E-state index contributed by atoms with van der Waals surface area (Å²) in [6, 6.07) is 0. The Morgan fingerprint density at radius 3 is 2.18 bits per heavy atom. The first-order valence-electron chi connectivity index (χ1n) is 3.76. The van der Waals surface area contributed by atoms with Crippen molar-refractivity contribution >= 4 is 5.78 Å². The monoisotopic (exact) mass is 161 g/mol. The van der Waals surface area contributed by atoms with Gasteiger partial charge >= 0.3 is 0 Å². The van der Waals surface area contributed by atoms with Gasteiger partial charge in [-0.2, -0.15) is 0 Å². The molecule has 3 heteroatoms. The smallest absolute Gasteiger partial charge is 0.134 e. The van der Waals surface area contributed by atoms with Gasteiger partial charge in [-0.3, -0.25) is 4.79 Å². The average molecular weight is 161 g/mol. The van der Waals surface area contributed by atoms with Gasteiger partial charge in [0.05, 0.1) is 0 Å². The molecule has 66 valence electrons. The van der Waals surface area contributed by atoms with E-state index >= 15 is 0 Å². The van der Waals surface area contributed by atoms with Gasteiger partial charge in [0.25, 0.3) is 0 Å². The van der Waals surface area contributed by atoms with E-state index in [9.17, 15) is 9.18 Å². The summed E-state index contributed by atoms with van der Waals surface area (Å²) in [6.45, 7) is 4.60. The molecule has 0 rings (SSSR count). The van der Waals surface area contributed by atoms with E-state index in [0.717, 1.165) is 0 Å². The second-order valence-corrected chi connectivity index (χ2v) is 3.47. The number of carbonyl (C=O) groups excluding carboxylic acids is 1. The number of hydrogen-bond donors (Lipinski definition) is 1. The van der Waals surface area contributed by atoms with Gasteiger partial charge in [0, 0.05) is 12.5 Å². The number of halogens is 1. The fraction of sp³-hybridized carbons (Fsp3) is 0.875. The fourth-order valence-corrected chi connectivity index (χ4v) is 0.979. The van der Waals surface area contributed by atoms with Crippen LogP contribution in [-0.2, 0) is 4.79 Å². The molecule has 0 saturated heterocycles. The Labute approximate surface area is 67.0 Å². The molecule has 0 radical (unpaired) electrons. The summed E-state index contributed by atoms with van der Waals surface area (Å²) in [5.74, 6) is -0.353. The summed E-state index contributed by atoms with van der Waals surface area (Å²) in [6.07, 6.45) is 0.221. The van der Waals surface area contributed by atoms with Gasteiger partial charge in [-0.05, 0) is 27.2 Å². The minimum Gasteiger partial charge on any atom is -0.330 e. The zero-order valence-corrected chi connectivity index (χ0v) is 7.36. The van der Waals surface area contributed by atoms with Crippen LogP contribution in [0, 0.1) is 5.92 Å². The van der Waals surface area contributed by atoms with Gasteiger partial charge in [0.2, 0.25) is 0 Å². The number of hydrogen-bond acceptors (Lipinski definition) is 2. The molecular weight excluding hydrogens is 145 g/mol. The molecule has 11 heavy (non-hydrogen) atoms. The minimum absolute atomic E-state index is 0.0294. The summed E-state index contributed by atoms with van der Waals surface area (Å²) in [7, 11) is 0. The molecule has 0 aliphatic heterocycles. The minimum atomic E-state index is -1.30. The van der Waals surface area contributed by atoms with E-state index in [2.05, 4.69) is 0 Å². The van der Waals surface area contributed by atoms with Gasteiger partial charge in [-0.1, -0.05) is 0 Å². The second-order valence-electron chi connectivity index (χ2n) is 3.47. The van der Waals surface area contributed by atoms with Crippen molar-refractivity contribution in [2.24, 2.45) is 11.7 Å². The number of ketones is 1. The normalized spacial score (nSPS) is 14.6. The average Bonchev–Trinajstić information content (AvgIpc) is 1.80. The molecule has 0 fully saturated rings. The molecule has 1 atom stereocenters. The third kappa shape index (κ3) is 4.90. The highest BCUT2D eigenvalue weighted by Gasteiger charge is 2.23. The summed E-state index contributed by atoms with van der Waals surface area (Å²) in [5.41, 5.74) is 4.00. The van der Waals surface area contributed by atoms with Crippen LogP contribution in [0.1, 0.15) is 27.2 Å². The first-order chi connectivity index (χ1) is 4.87. The van der Waals surface area contributed by atoms with Gasteiger partial charge < -0.3 is 5.73 Å². The van der Waals surface area contributed by atoms with Crippen molar-refractivity contribution in [1.29, 1.82) is 0 Å². The van der Waals surface area contributed by atoms with E-state index < -0.39 is 5.67 Å². The molecule has 0 aromatic carbocycles. The first-order valence-corrected chi connectivity index (χ1v) is 3.76. The molecular formula is C8H16FNO. The molecule has 0 aromatic rings. The lowest BCUT2D eigenvalue weighted by Gasteiger charge is -2.19. The van der Waals surface area contributed by atoms with Crippen molar-refractivity contribution in [3.05, 3.63) is 0 Å². The van der Waals surface area contributed by atoms with Gasteiger partial charge in [0.1, 0.15) is 11.5 Å². The SMILES string of the molecule is CC(=O)[C@@H](CN)CC(C)(C)F. The van der Waals surface area contributed by atoms with Crippen molar-refractivity contribution < 1.29 is 9.18 Å². The molecule has 0 bridgehead atoms. The highest BCUT2D eigenvalue weighted by molar-refractivity contribution is 5.78. The molecule has 0 aromatic heterocycles. The Bertz CT molecular complexity index is 140. The molecule has 0 aliphatic carbocycles. The Kier molecular flexibility index (Phi) is 3.66. The largest absolute Gasteiger partial charge is 0.330 e. The predicted molar refractivity (Wildman–Crippen MR) is 43.0 cm³/mol. The van der Waals surface area contributed by atoms with Crippen LogP contribution in [0.15, 0.2) is 0 Å². The zero-order chi connectivity index (χ0) is 9.07. The number of nitrogens with two attached hydrogens (primary N) is 1. The molecule has 0 aliphatic rings. The van der Waals surface area contributed by atoms with Crippen LogP contribution < -0.4 is 5.73 Å². The van der Waals surface area contributed by atoms with Crippen LogP contribution in [0.3, 0.4) is 0 Å². The van der Waals surface area contributed by atoms with Gasteiger partial charge in [-0.25, -0.2) is 4.39 Å². The summed E-state index contributed by atoms with van der Waals surface area (Å²) < 4.78 is 13.0. The standard InChI is InChI=1S/C8H16FNO/c1-6(11)7(5-10)4-8(2,3)9/h7H,4-5,10H2,1-3H3/t7-/m1/s1. The van der Waals surface area contributed by atoms with Crippen molar-refractivity contribution in [3.63, 3.8) is 0 Å². The van der Waals surface area contributed by atoms with E-state index in [1.54, 1.807) is 0 Å². The lowest BCUT2D eigenvalue weighted by molar-refractivity contribution is -0.121. The molecule has 0 unspecified atom stereocenters. The van der Waals surface area contributed by atoms with Crippen LogP contribution in [0.5, 0.6) is 0 Å². The Morgan fingerprint density at radius 1 is 1.64 bits per heavy atom. The lowest BCUT2D eigenvalue weighted by Crippen LogP contribution is -2.28. The maximum atomic E-state index is 13.0. The van der Waals surface area contributed by atoms with Gasteiger partial charge in [0.15, 0.2) is 0 Å². The summed E-state index contributed by atoms with van der Waals surface area (Å²) >= 11 is 0. The van der Waals surface area contributed by atoms with E-state index in [4.69, 9.17) is 5.73 Å². The molecule has 0 saturated carbocycles. The summed E-state index contributed by atoms with van der Waals surface area (Å²) in [4.78, 5) is 10.8. The third-order valence-electron chi connectivity index (χ3n) is 1.59. The van der Waals surface area contributed by atoms with Gasteiger partial charge in [-0.15, -0.1) is 0 Å². The fourth-order valence-electron chi connectivity index (χ4n) is 0.979. The van der Waals surface area contributed by atoms with Crippen LogP contribution in [0.25, 0.3) is 0 Å². The molecule has 2 nitrogen and oxygen atoms in total. The van der Waals surface area contributed by atoms with Crippen LogP contribution in [0.4, 0.5) is 4.39 Å². The number of alkyl halides is 1. The van der Waals surface area contributed by atoms with Crippen molar-refractivity contribution in [2.75, 3.05) is 6.54 Å². The number of carbonyl (C=O) groups is 1. The number of Topliss-reactive ketones (excluding diaryl/α,β-unsaturated/α-hetero) is 1. The second kappa shape index (κ2) is 3.81. The maximum Gasteiger partial charge on any atom is 0.134 e. The highest BCUT2D eigenvalue weighted by Crippen LogP contribution is 2.20. The van der Waals surface area contributed by atoms with Crippen LogP contribution >= 0.6 is 0 Å². The van der Waals surface area contributed by atoms with Crippen molar-refractivity contribution in [3.8, 4) is 0 Å². The van der Waals surface area contributed by atoms with Crippen LogP contribution in [0.2, 0.25) is 0 Å². The maximum absolute atomic E-state index is 13.0. The Hall–Kier alpha value is -0.440. The quantitative estimate of drug-likeness (QED) is 0.675. The first kappa shape index (κ1) is 10.6. The Balaban J connectivity index is 3.99. The van der Waals surface area contributed by atoms with Crippen molar-refractivity contribution in [1.82, 2.24) is 0 Å². The summed E-state index contributed by atoms with van der Waals surface area (Å²) in [5, 5.41) is 0. The molecule has 0 amide bonds. The van der Waals surface area contributed by atoms with E-state index in [1.807, 2.05) is 0 Å². The van der Waals surface area contributed by atoms with Crippen molar-refractivity contribution in [2.45, 2.75) is 32.9 Å². The van der Waals surface area contributed by atoms with E-state index in [0.29, 0.717) is 0 Å². The van der Waals surface area contributed by atoms with E-state index in [-0.39, 0.29) is 24.7 Å². The highest BCUT2D eigenvalue weighted by atomic mass is 19.1. The topological polar surface area (TPSA) is 43.1 Å². The lowest BCUT2D eigenvalue weighted by atomic mass is 9.92. The Morgan fingerprint density at radius 2 is 2.09 bits per heavy atom. The predicted octanol–water partition coefficient (Wildman–Crippen LogP) is 1.29. The molecule has 0 heterocycles. The molecule has 2 N–H and O–H groups in total.